The van der Waals surface area contributed by atoms with Crippen molar-refractivity contribution >= 4 is 11.6 Å². The molecule has 1 atom stereocenters. The number of amides is 1. The minimum absolute atomic E-state index is 0.0657. The fourth-order valence-electron chi connectivity index (χ4n) is 2.57. The van der Waals surface area contributed by atoms with Gasteiger partial charge in [0, 0.05) is 37.4 Å². The van der Waals surface area contributed by atoms with Gasteiger partial charge >= 0.3 is 0 Å². The Morgan fingerprint density at radius 1 is 1.50 bits per heavy atom. The number of non-ortho nitro benzene ring substituents is 1. The second kappa shape index (κ2) is 6.00. The van der Waals surface area contributed by atoms with E-state index in [-0.39, 0.29) is 24.1 Å². The molecule has 108 valence electrons. The molecule has 1 heterocycles. The van der Waals surface area contributed by atoms with E-state index in [2.05, 4.69) is 0 Å². The summed E-state index contributed by atoms with van der Waals surface area (Å²) in [5.41, 5.74) is 0.970. The van der Waals surface area contributed by atoms with Crippen LogP contribution >= 0.6 is 0 Å². The van der Waals surface area contributed by atoms with Crippen LogP contribution in [0, 0.1) is 23.0 Å². The van der Waals surface area contributed by atoms with Gasteiger partial charge in [0.2, 0.25) is 0 Å². The molecule has 1 fully saturated rings. The average Bonchev–Trinajstić information content (AvgIpc) is 2.45. The highest BCUT2D eigenvalue weighted by Crippen LogP contribution is 2.21. The van der Waals surface area contributed by atoms with Crippen molar-refractivity contribution in [1.29, 1.82) is 0 Å². The van der Waals surface area contributed by atoms with E-state index in [0.717, 1.165) is 12.8 Å². The molecule has 1 aliphatic heterocycles. The van der Waals surface area contributed by atoms with Crippen LogP contribution in [0.25, 0.3) is 0 Å². The van der Waals surface area contributed by atoms with Crippen molar-refractivity contribution < 1.29 is 14.8 Å². The number of piperidine rings is 1. The SMILES string of the molecule is Cc1cc(C(=O)N2CCCC(CO)C2)cc([N+](=O)[O-])c1. The van der Waals surface area contributed by atoms with E-state index in [1.54, 1.807) is 17.9 Å². The van der Waals surface area contributed by atoms with Crippen LogP contribution in [0.4, 0.5) is 5.69 Å². The highest BCUT2D eigenvalue weighted by Gasteiger charge is 2.25. The van der Waals surface area contributed by atoms with Crippen LogP contribution in [0.5, 0.6) is 0 Å². The molecule has 0 saturated carbocycles. The molecule has 20 heavy (non-hydrogen) atoms. The molecule has 1 amide bonds. The van der Waals surface area contributed by atoms with E-state index < -0.39 is 4.92 Å². The van der Waals surface area contributed by atoms with Crippen LogP contribution in [0.15, 0.2) is 18.2 Å². The molecule has 1 aromatic rings. The summed E-state index contributed by atoms with van der Waals surface area (Å²) in [6.07, 6.45) is 1.76. The number of carbonyl (C=O) groups is 1. The summed E-state index contributed by atoms with van der Waals surface area (Å²) in [6, 6.07) is 4.43. The number of carbonyl (C=O) groups excluding carboxylic acids is 1. The fourth-order valence-corrected chi connectivity index (χ4v) is 2.57. The maximum atomic E-state index is 12.4. The monoisotopic (exact) mass is 278 g/mol. The lowest BCUT2D eigenvalue weighted by atomic mass is 9.98. The zero-order valence-electron chi connectivity index (χ0n) is 11.4. The molecule has 6 heteroatoms. The van der Waals surface area contributed by atoms with E-state index in [0.29, 0.717) is 24.2 Å². The van der Waals surface area contributed by atoms with Gasteiger partial charge in [-0.05, 0) is 37.3 Å². The lowest BCUT2D eigenvalue weighted by Crippen LogP contribution is -2.41. The van der Waals surface area contributed by atoms with E-state index in [1.165, 1.54) is 12.1 Å². The topological polar surface area (TPSA) is 83.7 Å². The molecule has 0 bridgehead atoms. The molecule has 1 aliphatic rings. The summed E-state index contributed by atoms with van der Waals surface area (Å²) in [5, 5.41) is 20.0. The molecule has 0 aliphatic carbocycles. The van der Waals surface area contributed by atoms with E-state index >= 15 is 0 Å². The summed E-state index contributed by atoms with van der Waals surface area (Å²) in [7, 11) is 0. The number of hydrogen-bond donors (Lipinski definition) is 1. The average molecular weight is 278 g/mol. The predicted octanol–water partition coefficient (Wildman–Crippen LogP) is 1.75. The number of nitro groups is 1. The van der Waals surface area contributed by atoms with Gasteiger partial charge < -0.3 is 10.0 Å². The molecular formula is C14H18N2O4. The number of likely N-dealkylation sites (tertiary alicyclic amines) is 1. The minimum Gasteiger partial charge on any atom is -0.396 e. The zero-order chi connectivity index (χ0) is 14.7. The molecular weight excluding hydrogens is 260 g/mol. The Morgan fingerprint density at radius 3 is 2.90 bits per heavy atom. The maximum Gasteiger partial charge on any atom is 0.270 e. The lowest BCUT2D eigenvalue weighted by Gasteiger charge is -2.31. The molecule has 0 radical (unpaired) electrons. The van der Waals surface area contributed by atoms with Gasteiger partial charge in [-0.15, -0.1) is 0 Å². The van der Waals surface area contributed by atoms with Crippen LogP contribution in [-0.2, 0) is 0 Å². The minimum atomic E-state index is -0.490. The van der Waals surface area contributed by atoms with Crippen molar-refractivity contribution in [2.75, 3.05) is 19.7 Å². The normalized spacial score (nSPS) is 18.9. The Hall–Kier alpha value is -1.95. The van der Waals surface area contributed by atoms with Crippen LogP contribution in [0.1, 0.15) is 28.8 Å². The molecule has 2 rings (SSSR count). The first-order valence-electron chi connectivity index (χ1n) is 6.67. The number of aliphatic hydroxyl groups is 1. The van der Waals surface area contributed by atoms with Crippen molar-refractivity contribution in [3.63, 3.8) is 0 Å². The quantitative estimate of drug-likeness (QED) is 0.674. The third-order valence-electron chi connectivity index (χ3n) is 3.58. The Balaban J connectivity index is 2.22. The van der Waals surface area contributed by atoms with Gasteiger partial charge in [-0.1, -0.05) is 0 Å². The van der Waals surface area contributed by atoms with Gasteiger partial charge in [-0.25, -0.2) is 0 Å². The summed E-state index contributed by atoms with van der Waals surface area (Å²) in [5.74, 6) is -0.0950. The number of aliphatic hydroxyl groups excluding tert-OH is 1. The summed E-state index contributed by atoms with van der Waals surface area (Å²) in [4.78, 5) is 24.4. The number of nitrogens with zero attached hydrogens (tertiary/aromatic N) is 2. The Bertz CT molecular complexity index is 530. The van der Waals surface area contributed by atoms with Crippen molar-refractivity contribution in [2.45, 2.75) is 19.8 Å². The number of aryl methyl sites for hydroxylation is 1. The molecule has 1 saturated heterocycles. The zero-order valence-corrected chi connectivity index (χ0v) is 11.4. The first-order chi connectivity index (χ1) is 9.51. The standard InChI is InChI=1S/C14H18N2O4/c1-10-5-12(7-13(6-10)16(19)20)14(18)15-4-2-3-11(8-15)9-17/h5-7,11,17H,2-4,8-9H2,1H3. The second-order valence-corrected chi connectivity index (χ2v) is 5.26. The number of rotatable bonds is 3. The lowest BCUT2D eigenvalue weighted by molar-refractivity contribution is -0.384. The highest BCUT2D eigenvalue weighted by atomic mass is 16.6. The van der Waals surface area contributed by atoms with Crippen molar-refractivity contribution in [3.05, 3.63) is 39.4 Å². The van der Waals surface area contributed by atoms with E-state index in [4.69, 9.17) is 0 Å². The third kappa shape index (κ3) is 3.14. The highest BCUT2D eigenvalue weighted by molar-refractivity contribution is 5.95. The molecule has 0 aromatic heterocycles. The van der Waals surface area contributed by atoms with Crippen molar-refractivity contribution in [3.8, 4) is 0 Å². The Morgan fingerprint density at radius 2 is 2.25 bits per heavy atom. The summed E-state index contributed by atoms with van der Waals surface area (Å²) >= 11 is 0. The molecule has 1 aromatic carbocycles. The fraction of sp³-hybridized carbons (Fsp3) is 0.500. The predicted molar refractivity (Wildman–Crippen MR) is 73.5 cm³/mol. The van der Waals surface area contributed by atoms with Crippen LogP contribution in [0.2, 0.25) is 0 Å². The van der Waals surface area contributed by atoms with Crippen molar-refractivity contribution in [2.24, 2.45) is 5.92 Å². The number of hydrogen-bond acceptors (Lipinski definition) is 4. The van der Waals surface area contributed by atoms with E-state index in [9.17, 15) is 20.0 Å². The first kappa shape index (κ1) is 14.5. The second-order valence-electron chi connectivity index (χ2n) is 5.26. The van der Waals surface area contributed by atoms with Gasteiger partial charge in [0.1, 0.15) is 0 Å². The summed E-state index contributed by atoms with van der Waals surface area (Å²) < 4.78 is 0. The Labute approximate surface area is 117 Å². The van der Waals surface area contributed by atoms with Gasteiger partial charge in [-0.2, -0.15) is 0 Å². The van der Waals surface area contributed by atoms with Crippen LogP contribution < -0.4 is 0 Å². The molecule has 6 nitrogen and oxygen atoms in total. The third-order valence-corrected chi connectivity index (χ3v) is 3.58. The smallest absolute Gasteiger partial charge is 0.270 e. The van der Waals surface area contributed by atoms with Gasteiger partial charge in [0.05, 0.1) is 4.92 Å². The molecule has 0 spiro atoms. The molecule has 1 unspecified atom stereocenters. The Kier molecular flexibility index (Phi) is 4.34. The van der Waals surface area contributed by atoms with Crippen molar-refractivity contribution in [1.82, 2.24) is 4.90 Å². The summed E-state index contributed by atoms with van der Waals surface area (Å²) in [6.45, 7) is 2.95. The number of benzene rings is 1. The largest absolute Gasteiger partial charge is 0.396 e. The van der Waals surface area contributed by atoms with Gasteiger partial charge in [0.25, 0.3) is 11.6 Å². The van der Waals surface area contributed by atoms with E-state index in [1.807, 2.05) is 0 Å². The first-order valence-corrected chi connectivity index (χ1v) is 6.67. The van der Waals surface area contributed by atoms with Gasteiger partial charge in [0.15, 0.2) is 0 Å². The maximum absolute atomic E-state index is 12.4. The van der Waals surface area contributed by atoms with Crippen LogP contribution in [-0.4, -0.2) is 40.5 Å². The van der Waals surface area contributed by atoms with Gasteiger partial charge in [-0.3, -0.25) is 14.9 Å². The van der Waals surface area contributed by atoms with Crippen LogP contribution in [0.3, 0.4) is 0 Å². The molecule has 1 N–H and O–H groups in total. The number of nitro benzene ring substituents is 1.